The zero-order valence-corrected chi connectivity index (χ0v) is 14.9. The second kappa shape index (κ2) is 5.66. The van der Waals surface area contributed by atoms with Gasteiger partial charge in [0.05, 0.1) is 11.4 Å². The molecule has 7 nitrogen and oxygen atoms in total. The molecule has 1 saturated heterocycles. The molecule has 1 fully saturated rings. The number of thiophene rings is 1. The van der Waals surface area contributed by atoms with E-state index in [0.717, 1.165) is 9.75 Å². The van der Waals surface area contributed by atoms with E-state index in [1.165, 1.54) is 15.6 Å². The van der Waals surface area contributed by atoms with Crippen molar-refractivity contribution in [2.75, 3.05) is 13.1 Å². The molecule has 2 aromatic rings. The fraction of sp³-hybridized carbons (Fsp3) is 0.571. The van der Waals surface area contributed by atoms with Crippen molar-refractivity contribution >= 4 is 21.4 Å². The summed E-state index contributed by atoms with van der Waals surface area (Å²) in [5.41, 5.74) is -1.42. The zero-order chi connectivity index (χ0) is 16.8. The van der Waals surface area contributed by atoms with Crippen LogP contribution in [0.1, 0.15) is 34.8 Å². The molecule has 0 aliphatic carbocycles. The molecule has 9 heteroatoms. The van der Waals surface area contributed by atoms with E-state index in [2.05, 4.69) is 10.1 Å². The molecule has 23 heavy (non-hydrogen) atoms. The van der Waals surface area contributed by atoms with Crippen LogP contribution in [0, 0.1) is 13.8 Å². The van der Waals surface area contributed by atoms with Crippen LogP contribution < -0.4 is 0 Å². The number of β-amino-alcohol motifs (C(OH)–C–C–N with tert-alkyl or cyclic N) is 1. The van der Waals surface area contributed by atoms with E-state index in [0.29, 0.717) is 17.1 Å². The second-order valence-corrected chi connectivity index (χ2v) is 9.13. The number of sulfonamides is 1. The highest BCUT2D eigenvalue weighted by molar-refractivity contribution is 7.89. The molecule has 3 rings (SSSR count). The van der Waals surface area contributed by atoms with Gasteiger partial charge in [0.25, 0.3) is 5.89 Å². The molecule has 0 bridgehead atoms. The lowest BCUT2D eigenvalue weighted by Crippen LogP contribution is -2.34. The number of hydrogen-bond donors (Lipinski definition) is 1. The Labute approximate surface area is 139 Å². The third kappa shape index (κ3) is 2.82. The maximum absolute atomic E-state index is 12.8. The lowest BCUT2D eigenvalue weighted by atomic mass is 10.0. The first-order valence-corrected chi connectivity index (χ1v) is 9.64. The Morgan fingerprint density at radius 2 is 2.22 bits per heavy atom. The summed E-state index contributed by atoms with van der Waals surface area (Å²) in [5, 5.41) is 14.5. The monoisotopic (exact) mass is 357 g/mol. The van der Waals surface area contributed by atoms with Crippen molar-refractivity contribution in [2.24, 2.45) is 0 Å². The average Bonchev–Trinajstić information content (AvgIpc) is 3.18. The Morgan fingerprint density at radius 3 is 2.78 bits per heavy atom. The molecule has 0 amide bonds. The molecule has 1 atom stereocenters. The van der Waals surface area contributed by atoms with Crippen LogP contribution in [0.25, 0.3) is 0 Å². The van der Waals surface area contributed by atoms with Gasteiger partial charge in [-0.1, -0.05) is 12.1 Å². The summed E-state index contributed by atoms with van der Waals surface area (Å²) < 4.78 is 32.0. The van der Waals surface area contributed by atoms with Crippen LogP contribution in [-0.4, -0.2) is 41.1 Å². The maximum atomic E-state index is 12.8. The summed E-state index contributed by atoms with van der Waals surface area (Å²) >= 11 is 1.45. The second-order valence-electron chi connectivity index (χ2n) is 5.77. The van der Waals surface area contributed by atoms with Gasteiger partial charge >= 0.3 is 0 Å². The minimum absolute atomic E-state index is 0.0744. The zero-order valence-electron chi connectivity index (χ0n) is 13.2. The molecule has 1 N–H and O–H groups in total. The fourth-order valence-corrected chi connectivity index (χ4v) is 5.75. The van der Waals surface area contributed by atoms with Crippen molar-refractivity contribution in [1.29, 1.82) is 0 Å². The van der Waals surface area contributed by atoms with Crippen LogP contribution in [0.15, 0.2) is 15.5 Å². The first kappa shape index (κ1) is 16.6. The summed E-state index contributed by atoms with van der Waals surface area (Å²) in [4.78, 5) is 6.15. The van der Waals surface area contributed by atoms with Gasteiger partial charge in [-0.05, 0) is 19.9 Å². The van der Waals surface area contributed by atoms with Crippen molar-refractivity contribution in [3.63, 3.8) is 0 Å². The highest BCUT2D eigenvalue weighted by atomic mass is 32.2. The van der Waals surface area contributed by atoms with Crippen LogP contribution in [0.2, 0.25) is 0 Å². The summed E-state index contributed by atoms with van der Waals surface area (Å²) in [5.74, 6) is 0.587. The van der Waals surface area contributed by atoms with E-state index in [1.807, 2.05) is 13.8 Å². The lowest BCUT2D eigenvalue weighted by Gasteiger charge is -2.19. The first-order valence-electron chi connectivity index (χ1n) is 7.39. The number of hydrogen-bond acceptors (Lipinski definition) is 7. The Morgan fingerprint density at radius 1 is 1.48 bits per heavy atom. The molecule has 126 valence electrons. The van der Waals surface area contributed by atoms with Crippen molar-refractivity contribution in [2.45, 2.75) is 44.1 Å². The minimum Gasteiger partial charge on any atom is -0.379 e. The van der Waals surface area contributed by atoms with Crippen molar-refractivity contribution < 1.29 is 18.0 Å². The van der Waals surface area contributed by atoms with Gasteiger partial charge < -0.3 is 9.63 Å². The van der Waals surface area contributed by atoms with Crippen molar-refractivity contribution in [3.8, 4) is 0 Å². The smallest absolute Gasteiger partial charge is 0.260 e. The van der Waals surface area contributed by atoms with Gasteiger partial charge in [0.2, 0.25) is 10.0 Å². The van der Waals surface area contributed by atoms with Gasteiger partial charge in [-0.2, -0.15) is 9.29 Å². The third-order valence-electron chi connectivity index (χ3n) is 4.01. The number of aromatic nitrogens is 2. The van der Waals surface area contributed by atoms with Gasteiger partial charge in [0, 0.05) is 29.1 Å². The Bertz CT molecular complexity index is 827. The molecule has 0 saturated carbocycles. The van der Waals surface area contributed by atoms with Crippen LogP contribution in [0.4, 0.5) is 0 Å². The Hall–Kier alpha value is -1.29. The Balaban J connectivity index is 1.88. The molecule has 0 spiro atoms. The van der Waals surface area contributed by atoms with Crippen molar-refractivity contribution in [3.05, 3.63) is 27.5 Å². The third-order valence-corrected chi connectivity index (χ3v) is 7.07. The molecule has 3 heterocycles. The molecule has 2 aromatic heterocycles. The summed E-state index contributed by atoms with van der Waals surface area (Å²) in [6.07, 6.45) is 0.828. The van der Waals surface area contributed by atoms with E-state index in [4.69, 9.17) is 4.52 Å². The summed E-state index contributed by atoms with van der Waals surface area (Å²) in [6, 6.07) is 1.68. The van der Waals surface area contributed by atoms with E-state index in [9.17, 15) is 13.5 Å². The highest BCUT2D eigenvalue weighted by Crippen LogP contribution is 2.36. The molecule has 1 aliphatic heterocycles. The maximum Gasteiger partial charge on any atom is 0.260 e. The normalized spacial score (nSPS) is 22.8. The SMILES string of the molecule is CCc1noc([C@]2(O)CCN(S(=O)(=O)c3cc(C)sc3C)C2)n1. The van der Waals surface area contributed by atoms with E-state index < -0.39 is 15.6 Å². The lowest BCUT2D eigenvalue weighted by molar-refractivity contribution is 0.0194. The van der Waals surface area contributed by atoms with Gasteiger partial charge in [-0.15, -0.1) is 11.3 Å². The van der Waals surface area contributed by atoms with Crippen LogP contribution in [0.5, 0.6) is 0 Å². The van der Waals surface area contributed by atoms with Crippen LogP contribution in [-0.2, 0) is 22.0 Å². The molecular formula is C14H19N3O4S2. The number of nitrogens with zero attached hydrogens (tertiary/aromatic N) is 3. The average molecular weight is 357 g/mol. The fourth-order valence-electron chi connectivity index (χ4n) is 2.73. The van der Waals surface area contributed by atoms with Gasteiger partial charge in [0.15, 0.2) is 11.4 Å². The predicted molar refractivity (Wildman–Crippen MR) is 84.7 cm³/mol. The van der Waals surface area contributed by atoms with Crippen LogP contribution in [0.3, 0.4) is 0 Å². The molecule has 0 unspecified atom stereocenters. The molecule has 0 aromatic carbocycles. The summed E-state index contributed by atoms with van der Waals surface area (Å²) in [6.45, 7) is 5.69. The Kier molecular flexibility index (Phi) is 4.07. The number of rotatable bonds is 4. The highest BCUT2D eigenvalue weighted by Gasteiger charge is 2.47. The van der Waals surface area contributed by atoms with Gasteiger partial charge in [-0.25, -0.2) is 8.42 Å². The predicted octanol–water partition coefficient (Wildman–Crippen LogP) is 1.59. The van der Waals surface area contributed by atoms with Crippen molar-refractivity contribution in [1.82, 2.24) is 14.4 Å². The topological polar surface area (TPSA) is 96.5 Å². The quantitative estimate of drug-likeness (QED) is 0.893. The molecular weight excluding hydrogens is 338 g/mol. The van der Waals surface area contributed by atoms with E-state index >= 15 is 0 Å². The van der Waals surface area contributed by atoms with E-state index in [-0.39, 0.29) is 25.4 Å². The van der Waals surface area contributed by atoms with Gasteiger partial charge in [0.1, 0.15) is 0 Å². The van der Waals surface area contributed by atoms with Gasteiger partial charge in [-0.3, -0.25) is 0 Å². The summed E-state index contributed by atoms with van der Waals surface area (Å²) in [7, 11) is -3.63. The molecule has 1 aliphatic rings. The number of aliphatic hydroxyl groups is 1. The largest absolute Gasteiger partial charge is 0.379 e. The standard InChI is InChI=1S/C14H19N3O4S2/c1-4-12-15-13(21-16-12)14(18)5-6-17(8-14)23(19,20)11-7-9(2)22-10(11)3/h7,18H,4-6,8H2,1-3H3/t14-/m0/s1. The van der Waals surface area contributed by atoms with Crippen LogP contribution >= 0.6 is 11.3 Å². The first-order chi connectivity index (χ1) is 10.8. The minimum atomic E-state index is -3.63. The molecule has 0 radical (unpaired) electrons. The number of aryl methyl sites for hydroxylation is 3. The van der Waals surface area contributed by atoms with E-state index in [1.54, 1.807) is 13.0 Å².